The minimum absolute atomic E-state index is 0.0912. The fourth-order valence-electron chi connectivity index (χ4n) is 2.43. The van der Waals surface area contributed by atoms with Crippen LogP contribution in [0.15, 0.2) is 18.2 Å². The number of aliphatic hydroxyl groups is 1. The number of nitro benzene ring substituents is 1. The van der Waals surface area contributed by atoms with Crippen LogP contribution in [-0.4, -0.2) is 16.1 Å². The lowest BCUT2D eigenvalue weighted by molar-refractivity contribution is -0.385. The van der Waals surface area contributed by atoms with Crippen molar-refractivity contribution in [1.82, 2.24) is 0 Å². The lowest BCUT2D eigenvalue weighted by Crippen LogP contribution is -2.16. The van der Waals surface area contributed by atoms with Gasteiger partial charge in [-0.15, -0.1) is 0 Å². The van der Waals surface area contributed by atoms with Crippen LogP contribution in [0.2, 0.25) is 5.02 Å². The first-order valence-corrected chi connectivity index (χ1v) is 6.06. The van der Waals surface area contributed by atoms with Gasteiger partial charge in [0, 0.05) is 16.7 Å². The Bertz CT molecular complexity index is 436. The second-order valence-corrected chi connectivity index (χ2v) is 4.93. The summed E-state index contributed by atoms with van der Waals surface area (Å²) in [5.41, 5.74) is 0.710. The molecular formula is C12H14ClNO3. The highest BCUT2D eigenvalue weighted by molar-refractivity contribution is 6.30. The summed E-state index contributed by atoms with van der Waals surface area (Å²) in [6, 6.07) is 4.58. The van der Waals surface area contributed by atoms with Gasteiger partial charge in [0.25, 0.3) is 5.69 Å². The summed E-state index contributed by atoms with van der Waals surface area (Å²) in [6.45, 7) is 0. The monoisotopic (exact) mass is 255 g/mol. The molecule has 0 amide bonds. The molecule has 0 bridgehead atoms. The van der Waals surface area contributed by atoms with E-state index in [1.54, 1.807) is 6.07 Å². The molecule has 0 heterocycles. The fourth-order valence-corrected chi connectivity index (χ4v) is 2.63. The topological polar surface area (TPSA) is 63.4 Å². The smallest absolute Gasteiger partial charge is 0.272 e. The van der Waals surface area contributed by atoms with E-state index in [2.05, 4.69) is 0 Å². The van der Waals surface area contributed by atoms with Gasteiger partial charge in [-0.05, 0) is 37.3 Å². The summed E-state index contributed by atoms with van der Waals surface area (Å²) in [6.07, 6.45) is 2.89. The molecule has 2 atom stereocenters. The lowest BCUT2D eigenvalue weighted by atomic mass is 9.95. The third-order valence-electron chi connectivity index (χ3n) is 3.34. The minimum Gasteiger partial charge on any atom is -0.393 e. The van der Waals surface area contributed by atoms with E-state index >= 15 is 0 Å². The number of nitrogens with zero attached hydrogens (tertiary/aromatic N) is 1. The number of aliphatic hydroxyl groups excluding tert-OH is 1. The molecule has 1 aromatic rings. The summed E-state index contributed by atoms with van der Waals surface area (Å²) < 4.78 is 0. The largest absolute Gasteiger partial charge is 0.393 e. The van der Waals surface area contributed by atoms with Crippen LogP contribution in [0.5, 0.6) is 0 Å². The van der Waals surface area contributed by atoms with Gasteiger partial charge in [0.2, 0.25) is 0 Å². The highest BCUT2D eigenvalue weighted by atomic mass is 35.5. The Balaban J connectivity index is 2.24. The van der Waals surface area contributed by atoms with Crippen LogP contribution in [0.3, 0.4) is 0 Å². The number of halogens is 1. The molecule has 1 saturated carbocycles. The first kappa shape index (κ1) is 12.3. The Labute approximate surface area is 104 Å². The van der Waals surface area contributed by atoms with E-state index in [0.29, 0.717) is 17.0 Å². The fraction of sp³-hybridized carbons (Fsp3) is 0.500. The molecule has 0 aliphatic heterocycles. The van der Waals surface area contributed by atoms with Gasteiger partial charge in [0.05, 0.1) is 11.0 Å². The van der Waals surface area contributed by atoms with Crippen molar-refractivity contribution in [2.45, 2.75) is 31.8 Å². The van der Waals surface area contributed by atoms with Crippen LogP contribution in [-0.2, 0) is 6.42 Å². The summed E-state index contributed by atoms with van der Waals surface area (Å²) in [5, 5.41) is 21.1. The molecule has 0 aromatic heterocycles. The highest BCUT2D eigenvalue weighted by Gasteiger charge is 2.27. The summed E-state index contributed by atoms with van der Waals surface area (Å²) in [4.78, 5) is 10.5. The molecular weight excluding hydrogens is 242 g/mol. The Kier molecular flexibility index (Phi) is 3.64. The molecule has 1 aliphatic rings. The van der Waals surface area contributed by atoms with Crippen molar-refractivity contribution >= 4 is 17.3 Å². The van der Waals surface area contributed by atoms with Crippen molar-refractivity contribution in [3.63, 3.8) is 0 Å². The predicted octanol–water partition coefficient (Wildman–Crippen LogP) is 2.95. The van der Waals surface area contributed by atoms with E-state index in [0.717, 1.165) is 19.3 Å². The van der Waals surface area contributed by atoms with Gasteiger partial charge < -0.3 is 5.11 Å². The molecule has 0 spiro atoms. The highest BCUT2D eigenvalue weighted by Crippen LogP contribution is 2.32. The second-order valence-electron chi connectivity index (χ2n) is 4.49. The Morgan fingerprint density at radius 3 is 2.82 bits per heavy atom. The molecule has 1 N–H and O–H groups in total. The van der Waals surface area contributed by atoms with Crippen LogP contribution in [0.25, 0.3) is 0 Å². The standard InChI is InChI=1S/C12H14ClNO3/c13-10-4-5-11(14(16)17)9(7-10)6-8-2-1-3-12(8)15/h4-5,7-8,12,15H,1-3,6H2. The van der Waals surface area contributed by atoms with Crippen LogP contribution in [0, 0.1) is 16.0 Å². The average molecular weight is 256 g/mol. The van der Waals surface area contributed by atoms with E-state index in [1.807, 2.05) is 0 Å². The normalized spacial score (nSPS) is 23.9. The van der Waals surface area contributed by atoms with Crippen LogP contribution in [0.1, 0.15) is 24.8 Å². The first-order chi connectivity index (χ1) is 8.08. The number of hydrogen-bond donors (Lipinski definition) is 1. The zero-order valence-electron chi connectivity index (χ0n) is 9.30. The van der Waals surface area contributed by atoms with Crippen LogP contribution in [0.4, 0.5) is 5.69 Å². The molecule has 2 rings (SSSR count). The molecule has 4 nitrogen and oxygen atoms in total. The van der Waals surface area contributed by atoms with E-state index in [9.17, 15) is 15.2 Å². The number of nitro groups is 1. The second kappa shape index (κ2) is 5.02. The van der Waals surface area contributed by atoms with Crippen molar-refractivity contribution in [3.05, 3.63) is 38.9 Å². The van der Waals surface area contributed by atoms with Gasteiger partial charge >= 0.3 is 0 Å². The zero-order chi connectivity index (χ0) is 12.4. The van der Waals surface area contributed by atoms with Gasteiger partial charge in [0.15, 0.2) is 0 Å². The van der Waals surface area contributed by atoms with Gasteiger partial charge in [-0.2, -0.15) is 0 Å². The van der Waals surface area contributed by atoms with Crippen molar-refractivity contribution in [1.29, 1.82) is 0 Å². The average Bonchev–Trinajstić information content (AvgIpc) is 2.64. The van der Waals surface area contributed by atoms with E-state index in [-0.39, 0.29) is 17.7 Å². The predicted molar refractivity (Wildman–Crippen MR) is 65.2 cm³/mol. The number of hydrogen-bond acceptors (Lipinski definition) is 3. The summed E-state index contributed by atoms with van der Waals surface area (Å²) in [5.74, 6) is 0.118. The number of benzene rings is 1. The molecule has 1 fully saturated rings. The van der Waals surface area contributed by atoms with Crippen molar-refractivity contribution in [2.75, 3.05) is 0 Å². The van der Waals surface area contributed by atoms with E-state index in [4.69, 9.17) is 11.6 Å². The molecule has 0 saturated heterocycles. The van der Waals surface area contributed by atoms with Gasteiger partial charge in [0.1, 0.15) is 0 Å². The van der Waals surface area contributed by atoms with Crippen LogP contribution >= 0.6 is 11.6 Å². The Morgan fingerprint density at radius 2 is 2.24 bits per heavy atom. The third kappa shape index (κ3) is 2.76. The minimum atomic E-state index is -0.396. The van der Waals surface area contributed by atoms with Gasteiger partial charge in [-0.3, -0.25) is 10.1 Å². The lowest BCUT2D eigenvalue weighted by Gasteiger charge is -2.14. The maximum Gasteiger partial charge on any atom is 0.272 e. The molecule has 92 valence electrons. The third-order valence-corrected chi connectivity index (χ3v) is 3.57. The molecule has 17 heavy (non-hydrogen) atoms. The van der Waals surface area contributed by atoms with Crippen molar-refractivity contribution in [3.8, 4) is 0 Å². The molecule has 2 unspecified atom stereocenters. The summed E-state index contributed by atoms with van der Waals surface area (Å²) >= 11 is 5.86. The Hall–Kier alpha value is -1.13. The molecule has 5 heteroatoms. The van der Waals surface area contributed by atoms with E-state index < -0.39 is 4.92 Å². The SMILES string of the molecule is O=[N+]([O-])c1ccc(Cl)cc1CC1CCCC1O. The first-order valence-electron chi connectivity index (χ1n) is 5.69. The maximum absolute atomic E-state index is 10.9. The summed E-state index contributed by atoms with van der Waals surface area (Å²) in [7, 11) is 0. The van der Waals surface area contributed by atoms with Crippen molar-refractivity contribution < 1.29 is 10.0 Å². The van der Waals surface area contributed by atoms with Crippen LogP contribution < -0.4 is 0 Å². The molecule has 0 radical (unpaired) electrons. The number of rotatable bonds is 3. The van der Waals surface area contributed by atoms with E-state index in [1.165, 1.54) is 12.1 Å². The quantitative estimate of drug-likeness (QED) is 0.667. The zero-order valence-corrected chi connectivity index (χ0v) is 10.1. The van der Waals surface area contributed by atoms with Gasteiger partial charge in [-0.1, -0.05) is 18.0 Å². The van der Waals surface area contributed by atoms with Crippen molar-refractivity contribution in [2.24, 2.45) is 5.92 Å². The molecule has 1 aromatic carbocycles. The van der Waals surface area contributed by atoms with Gasteiger partial charge in [-0.25, -0.2) is 0 Å². The maximum atomic E-state index is 10.9. The molecule has 1 aliphatic carbocycles. The Morgan fingerprint density at radius 1 is 1.47 bits per heavy atom.